The molecule has 4 rings (SSSR count). The molecule has 3 heteroatoms. The zero-order valence-corrected chi connectivity index (χ0v) is 13.1. The van der Waals surface area contributed by atoms with Gasteiger partial charge < -0.3 is 4.42 Å². The van der Waals surface area contributed by atoms with Crippen LogP contribution in [-0.2, 0) is 0 Å². The zero-order valence-electron chi connectivity index (χ0n) is 11.5. The van der Waals surface area contributed by atoms with Crippen molar-refractivity contribution in [2.24, 2.45) is 0 Å². The first-order valence-electron chi connectivity index (χ1n) is 6.87. The van der Waals surface area contributed by atoms with Crippen LogP contribution < -0.4 is 0 Å². The summed E-state index contributed by atoms with van der Waals surface area (Å²) in [5, 5.41) is 11.1. The van der Waals surface area contributed by atoms with Crippen LogP contribution in [0.4, 0.5) is 0 Å². The molecule has 0 N–H and O–H groups in total. The molecule has 0 radical (unpaired) electrons. The van der Waals surface area contributed by atoms with E-state index in [1.165, 1.54) is 0 Å². The summed E-state index contributed by atoms with van der Waals surface area (Å²) in [6.07, 6.45) is 0. The largest absolute Gasteiger partial charge is 0.456 e. The summed E-state index contributed by atoms with van der Waals surface area (Å²) < 4.78 is 6.90. The summed E-state index contributed by atoms with van der Waals surface area (Å²) in [6, 6.07) is 22.0. The lowest BCUT2D eigenvalue weighted by Crippen LogP contribution is -1.78. The van der Waals surface area contributed by atoms with E-state index >= 15 is 0 Å². The molecule has 22 heavy (non-hydrogen) atoms. The van der Waals surface area contributed by atoms with E-state index in [1.807, 2.05) is 30.3 Å². The van der Waals surface area contributed by atoms with Gasteiger partial charge in [0.15, 0.2) is 0 Å². The number of furan rings is 1. The van der Waals surface area contributed by atoms with E-state index in [1.54, 1.807) is 6.07 Å². The van der Waals surface area contributed by atoms with E-state index in [0.29, 0.717) is 5.56 Å². The summed E-state index contributed by atoms with van der Waals surface area (Å²) in [7, 11) is 0. The molecule has 0 atom stereocenters. The highest BCUT2D eigenvalue weighted by molar-refractivity contribution is 9.10. The number of nitrogens with zero attached hydrogens (tertiary/aromatic N) is 1. The van der Waals surface area contributed by atoms with Crippen molar-refractivity contribution in [3.05, 3.63) is 70.7 Å². The van der Waals surface area contributed by atoms with Gasteiger partial charge in [-0.1, -0.05) is 34.1 Å². The molecule has 0 spiro atoms. The van der Waals surface area contributed by atoms with Gasteiger partial charge in [-0.3, -0.25) is 0 Å². The van der Waals surface area contributed by atoms with Gasteiger partial charge in [0, 0.05) is 15.2 Å². The minimum Gasteiger partial charge on any atom is -0.456 e. The predicted octanol–water partition coefficient (Wildman–Crippen LogP) is 5.89. The first kappa shape index (κ1) is 13.1. The van der Waals surface area contributed by atoms with Crippen molar-refractivity contribution >= 4 is 37.9 Å². The number of hydrogen-bond acceptors (Lipinski definition) is 2. The van der Waals surface area contributed by atoms with Gasteiger partial charge in [-0.2, -0.15) is 5.26 Å². The van der Waals surface area contributed by atoms with Gasteiger partial charge in [-0.05, 0) is 53.6 Å². The predicted molar refractivity (Wildman–Crippen MR) is 91.6 cm³/mol. The second kappa shape index (κ2) is 5.01. The fourth-order valence-electron chi connectivity index (χ4n) is 2.69. The van der Waals surface area contributed by atoms with Gasteiger partial charge in [-0.25, -0.2) is 0 Å². The van der Waals surface area contributed by atoms with Crippen LogP contribution in [-0.4, -0.2) is 0 Å². The molecule has 1 aromatic heterocycles. The normalized spacial score (nSPS) is 10.9. The smallest absolute Gasteiger partial charge is 0.135 e. The number of nitriles is 1. The van der Waals surface area contributed by atoms with Crippen LogP contribution in [0.1, 0.15) is 5.56 Å². The van der Waals surface area contributed by atoms with Crippen LogP contribution in [0.5, 0.6) is 0 Å². The van der Waals surface area contributed by atoms with Crippen molar-refractivity contribution < 1.29 is 4.42 Å². The first-order chi connectivity index (χ1) is 10.7. The molecular formula is C19H10BrNO. The van der Waals surface area contributed by atoms with Crippen LogP contribution in [0.2, 0.25) is 0 Å². The maximum Gasteiger partial charge on any atom is 0.135 e. The number of hydrogen-bond donors (Lipinski definition) is 0. The van der Waals surface area contributed by atoms with Crippen LogP contribution in [0, 0.1) is 11.3 Å². The molecule has 0 aliphatic heterocycles. The minimum absolute atomic E-state index is 0.642. The molecule has 0 unspecified atom stereocenters. The van der Waals surface area contributed by atoms with E-state index in [-0.39, 0.29) is 0 Å². The molecule has 3 aromatic carbocycles. The number of halogens is 1. The molecule has 0 fully saturated rings. The SMILES string of the molecule is N#Cc1ccc2oc3ccc(-c4cccc(Br)c4)cc3c2c1. The van der Waals surface area contributed by atoms with Crippen LogP contribution in [0.25, 0.3) is 33.1 Å². The maximum atomic E-state index is 9.08. The highest BCUT2D eigenvalue weighted by Gasteiger charge is 2.09. The second-order valence-electron chi connectivity index (χ2n) is 5.15. The van der Waals surface area contributed by atoms with E-state index < -0.39 is 0 Å². The fraction of sp³-hybridized carbons (Fsp3) is 0. The van der Waals surface area contributed by atoms with Crippen LogP contribution in [0.15, 0.2) is 69.6 Å². The summed E-state index contributed by atoms with van der Waals surface area (Å²) in [4.78, 5) is 0. The Kier molecular flexibility index (Phi) is 2.99. The van der Waals surface area contributed by atoms with Crippen molar-refractivity contribution in [2.45, 2.75) is 0 Å². The third kappa shape index (κ3) is 2.09. The molecule has 104 valence electrons. The summed E-state index contributed by atoms with van der Waals surface area (Å²) in [6.45, 7) is 0. The molecular weight excluding hydrogens is 338 g/mol. The van der Waals surface area contributed by atoms with Gasteiger partial charge in [0.1, 0.15) is 11.2 Å². The summed E-state index contributed by atoms with van der Waals surface area (Å²) >= 11 is 3.51. The lowest BCUT2D eigenvalue weighted by molar-refractivity contribution is 0.669. The van der Waals surface area contributed by atoms with Crippen molar-refractivity contribution in [3.63, 3.8) is 0 Å². The second-order valence-corrected chi connectivity index (χ2v) is 6.06. The highest BCUT2D eigenvalue weighted by Crippen LogP contribution is 2.33. The Hall–Kier alpha value is -2.57. The van der Waals surface area contributed by atoms with Gasteiger partial charge in [0.05, 0.1) is 11.6 Å². The molecule has 0 bridgehead atoms. The monoisotopic (exact) mass is 347 g/mol. The van der Waals surface area contributed by atoms with Crippen molar-refractivity contribution in [3.8, 4) is 17.2 Å². The standard InChI is InChI=1S/C19H10BrNO/c20-15-3-1-2-13(9-15)14-5-7-19-17(10-14)16-8-12(11-21)4-6-18(16)22-19/h1-10H. The third-order valence-corrected chi connectivity index (χ3v) is 4.25. The third-order valence-electron chi connectivity index (χ3n) is 3.76. The highest BCUT2D eigenvalue weighted by atomic mass is 79.9. The minimum atomic E-state index is 0.642. The van der Waals surface area contributed by atoms with Crippen molar-refractivity contribution in [1.82, 2.24) is 0 Å². The number of fused-ring (bicyclic) bond motifs is 3. The lowest BCUT2D eigenvalue weighted by Gasteiger charge is -2.02. The maximum absolute atomic E-state index is 9.08. The van der Waals surface area contributed by atoms with E-state index in [2.05, 4.69) is 46.3 Å². The Balaban J connectivity index is 2.00. The molecule has 1 heterocycles. The Morgan fingerprint density at radius 2 is 1.55 bits per heavy atom. The molecule has 2 nitrogen and oxygen atoms in total. The molecule has 0 saturated heterocycles. The van der Waals surface area contributed by atoms with Gasteiger partial charge >= 0.3 is 0 Å². The molecule has 0 saturated carbocycles. The molecule has 0 aliphatic rings. The zero-order chi connectivity index (χ0) is 15.1. The topological polar surface area (TPSA) is 36.9 Å². The van der Waals surface area contributed by atoms with Crippen LogP contribution in [0.3, 0.4) is 0 Å². The van der Waals surface area contributed by atoms with Crippen molar-refractivity contribution in [1.29, 1.82) is 5.26 Å². The Morgan fingerprint density at radius 3 is 2.32 bits per heavy atom. The lowest BCUT2D eigenvalue weighted by atomic mass is 10.0. The van der Waals surface area contributed by atoms with E-state index in [0.717, 1.165) is 37.5 Å². The molecule has 0 amide bonds. The quantitative estimate of drug-likeness (QED) is 0.430. The molecule has 0 aliphatic carbocycles. The van der Waals surface area contributed by atoms with E-state index in [9.17, 15) is 0 Å². The Bertz CT molecular complexity index is 1060. The summed E-state index contributed by atoms with van der Waals surface area (Å²) in [5.41, 5.74) is 4.55. The van der Waals surface area contributed by atoms with Crippen molar-refractivity contribution in [2.75, 3.05) is 0 Å². The Morgan fingerprint density at radius 1 is 0.818 bits per heavy atom. The Labute approximate surface area is 135 Å². The van der Waals surface area contributed by atoms with Crippen LogP contribution >= 0.6 is 15.9 Å². The first-order valence-corrected chi connectivity index (χ1v) is 7.66. The van der Waals surface area contributed by atoms with Gasteiger partial charge in [0.25, 0.3) is 0 Å². The van der Waals surface area contributed by atoms with Gasteiger partial charge in [-0.15, -0.1) is 0 Å². The average molecular weight is 348 g/mol. The van der Waals surface area contributed by atoms with Gasteiger partial charge in [0.2, 0.25) is 0 Å². The summed E-state index contributed by atoms with van der Waals surface area (Å²) in [5.74, 6) is 0. The number of benzene rings is 3. The fourth-order valence-corrected chi connectivity index (χ4v) is 3.09. The van der Waals surface area contributed by atoms with E-state index in [4.69, 9.17) is 9.68 Å². The average Bonchev–Trinajstić information content (AvgIpc) is 2.91. The molecule has 4 aromatic rings. The number of rotatable bonds is 1.